The zero-order chi connectivity index (χ0) is 24.9. The Balaban J connectivity index is 1.69. The van der Waals surface area contributed by atoms with Gasteiger partial charge in [-0.2, -0.15) is 13.2 Å². The number of thiocarbonyl (C=S) groups is 1. The summed E-state index contributed by atoms with van der Waals surface area (Å²) in [6.45, 7) is 7.23. The van der Waals surface area contributed by atoms with Crippen molar-refractivity contribution in [1.82, 2.24) is 5.32 Å². The molecule has 1 heterocycles. The Kier molecular flexibility index (Phi) is 8.41. The molecule has 184 valence electrons. The Morgan fingerprint density at radius 1 is 1.12 bits per heavy atom. The summed E-state index contributed by atoms with van der Waals surface area (Å²) in [5, 5.41) is 5.21. The molecule has 5 nitrogen and oxygen atoms in total. The van der Waals surface area contributed by atoms with Gasteiger partial charge in [-0.05, 0) is 79.7 Å². The van der Waals surface area contributed by atoms with Crippen LogP contribution in [0.25, 0.3) is 0 Å². The normalized spacial score (nSPS) is 14.1. The van der Waals surface area contributed by atoms with E-state index >= 15 is 0 Å². The third-order valence-corrected chi connectivity index (χ3v) is 5.88. The zero-order valence-electron chi connectivity index (χ0n) is 19.6. The monoisotopic (exact) mass is 493 g/mol. The number of nitrogens with zero attached hydrogens (tertiary/aromatic N) is 1. The molecule has 0 aromatic heterocycles. The number of carbonyl (C=O) groups excluding carboxylic acids is 1. The van der Waals surface area contributed by atoms with E-state index in [1.165, 1.54) is 6.07 Å². The molecule has 0 aliphatic carbocycles. The van der Waals surface area contributed by atoms with Crippen molar-refractivity contribution in [2.45, 2.75) is 52.1 Å². The van der Waals surface area contributed by atoms with Gasteiger partial charge in [0.15, 0.2) is 11.7 Å². The van der Waals surface area contributed by atoms with Crippen LogP contribution in [-0.4, -0.2) is 30.7 Å². The van der Waals surface area contributed by atoms with Crippen molar-refractivity contribution in [3.63, 3.8) is 0 Å². The molecular formula is C25H30F3N3O2S. The highest BCUT2D eigenvalue weighted by Crippen LogP contribution is 2.36. The number of nitrogens with one attached hydrogen (secondary N) is 2. The molecule has 9 heteroatoms. The first-order valence-electron chi connectivity index (χ1n) is 11.3. The van der Waals surface area contributed by atoms with Crippen LogP contribution in [0.2, 0.25) is 0 Å². The van der Waals surface area contributed by atoms with Crippen molar-refractivity contribution in [2.24, 2.45) is 0 Å². The van der Waals surface area contributed by atoms with E-state index in [2.05, 4.69) is 10.6 Å². The molecule has 2 aromatic carbocycles. The molecule has 2 N–H and O–H groups in total. The predicted octanol–water partition coefficient (Wildman–Crippen LogP) is 6.02. The number of ether oxygens (including phenoxy) is 1. The van der Waals surface area contributed by atoms with E-state index in [9.17, 15) is 18.0 Å². The van der Waals surface area contributed by atoms with Gasteiger partial charge in [-0.3, -0.25) is 10.1 Å². The number of anilines is 2. The first-order valence-corrected chi connectivity index (χ1v) is 11.8. The quantitative estimate of drug-likeness (QED) is 0.482. The third-order valence-electron chi connectivity index (χ3n) is 5.67. The molecule has 34 heavy (non-hydrogen) atoms. The Bertz CT molecular complexity index is 1030. The van der Waals surface area contributed by atoms with Gasteiger partial charge in [0.05, 0.1) is 16.9 Å². The number of halogens is 3. The number of hydrogen-bond acceptors (Lipinski definition) is 4. The van der Waals surface area contributed by atoms with Gasteiger partial charge in [-0.1, -0.05) is 26.0 Å². The maximum Gasteiger partial charge on any atom is 0.416 e. The fourth-order valence-electron chi connectivity index (χ4n) is 3.93. The van der Waals surface area contributed by atoms with Crippen LogP contribution in [-0.2, 0) is 11.0 Å². The van der Waals surface area contributed by atoms with Gasteiger partial charge in [0.1, 0.15) is 5.75 Å². The summed E-state index contributed by atoms with van der Waals surface area (Å²) in [6, 6.07) is 9.37. The highest BCUT2D eigenvalue weighted by molar-refractivity contribution is 7.80. The molecule has 1 amide bonds. The summed E-state index contributed by atoms with van der Waals surface area (Å²) >= 11 is 5.23. The highest BCUT2D eigenvalue weighted by Gasteiger charge is 2.31. The van der Waals surface area contributed by atoms with Gasteiger partial charge in [-0.15, -0.1) is 0 Å². The summed E-state index contributed by atoms with van der Waals surface area (Å²) in [5.41, 5.74) is 2.04. The van der Waals surface area contributed by atoms with Crippen molar-refractivity contribution < 1.29 is 22.7 Å². The molecule has 0 radical (unpaired) electrons. The fourth-order valence-corrected chi connectivity index (χ4v) is 4.15. The molecule has 0 atom stereocenters. The summed E-state index contributed by atoms with van der Waals surface area (Å²) in [4.78, 5) is 14.5. The SMILES string of the molecule is Cc1ccc(C(C)C)c(OCC(=O)NC(=S)Nc2cc(C(F)(F)F)ccc2N2CCCCC2)c1. The van der Waals surface area contributed by atoms with Crippen LogP contribution in [0, 0.1) is 6.92 Å². The fraction of sp³-hybridized carbons (Fsp3) is 0.440. The lowest BCUT2D eigenvalue weighted by Gasteiger charge is -2.31. The van der Waals surface area contributed by atoms with Gasteiger partial charge < -0.3 is 15.0 Å². The average Bonchev–Trinajstić information content (AvgIpc) is 2.77. The standard InChI is InChI=1S/C25H30F3N3O2S/c1-16(2)19-9-7-17(3)13-22(19)33-15-23(32)30-24(34)29-20-14-18(25(26,27)28)8-10-21(20)31-11-5-4-6-12-31/h7-10,13-14,16H,4-6,11-12,15H2,1-3H3,(H2,29,30,32,34). The second-order valence-corrected chi connectivity index (χ2v) is 9.17. The lowest BCUT2D eigenvalue weighted by atomic mass is 10.0. The van der Waals surface area contributed by atoms with Crippen LogP contribution >= 0.6 is 12.2 Å². The minimum atomic E-state index is -4.49. The van der Waals surface area contributed by atoms with Crippen molar-refractivity contribution in [3.8, 4) is 5.75 Å². The molecule has 1 aliphatic heterocycles. The van der Waals surface area contributed by atoms with E-state index in [4.69, 9.17) is 17.0 Å². The Morgan fingerprint density at radius 2 is 1.82 bits per heavy atom. The van der Waals surface area contributed by atoms with Crippen LogP contribution in [0.3, 0.4) is 0 Å². The Hall–Kier alpha value is -2.81. The van der Waals surface area contributed by atoms with Gasteiger partial charge >= 0.3 is 6.18 Å². The first kappa shape index (κ1) is 25.8. The van der Waals surface area contributed by atoms with Crippen molar-refractivity contribution >= 4 is 34.6 Å². The van der Waals surface area contributed by atoms with E-state index in [0.717, 1.165) is 55.6 Å². The van der Waals surface area contributed by atoms with Crippen LogP contribution in [0.15, 0.2) is 36.4 Å². The maximum absolute atomic E-state index is 13.3. The van der Waals surface area contributed by atoms with Crippen molar-refractivity contribution in [3.05, 3.63) is 53.1 Å². The number of rotatable bonds is 6. The number of carbonyl (C=O) groups is 1. The minimum absolute atomic E-state index is 0.0838. The number of piperidine rings is 1. The molecule has 1 aliphatic rings. The summed E-state index contributed by atoms with van der Waals surface area (Å²) in [7, 11) is 0. The van der Waals surface area contributed by atoms with Crippen molar-refractivity contribution in [2.75, 3.05) is 29.9 Å². The zero-order valence-corrected chi connectivity index (χ0v) is 20.4. The van der Waals surface area contributed by atoms with E-state index in [0.29, 0.717) is 11.4 Å². The largest absolute Gasteiger partial charge is 0.483 e. The number of aryl methyl sites for hydroxylation is 1. The summed E-state index contributed by atoms with van der Waals surface area (Å²) in [5.74, 6) is 0.338. The van der Waals surface area contributed by atoms with E-state index in [1.807, 2.05) is 43.9 Å². The lowest BCUT2D eigenvalue weighted by Crippen LogP contribution is -2.38. The van der Waals surface area contributed by atoms with Gasteiger partial charge in [0.25, 0.3) is 5.91 Å². The molecule has 0 unspecified atom stereocenters. The number of hydrogen-bond donors (Lipinski definition) is 2. The number of benzene rings is 2. The second kappa shape index (κ2) is 11.1. The molecular weight excluding hydrogens is 463 g/mol. The Morgan fingerprint density at radius 3 is 2.47 bits per heavy atom. The third kappa shape index (κ3) is 6.85. The highest BCUT2D eigenvalue weighted by atomic mass is 32.1. The lowest BCUT2D eigenvalue weighted by molar-refractivity contribution is -0.137. The first-order chi connectivity index (χ1) is 16.0. The van der Waals surface area contributed by atoms with Crippen molar-refractivity contribution in [1.29, 1.82) is 0 Å². The van der Waals surface area contributed by atoms with Gasteiger partial charge in [0, 0.05) is 13.1 Å². The van der Waals surface area contributed by atoms with Crippen LogP contribution in [0.5, 0.6) is 5.75 Å². The minimum Gasteiger partial charge on any atom is -0.483 e. The van der Waals surface area contributed by atoms with Gasteiger partial charge in [0.2, 0.25) is 0 Å². The van der Waals surface area contributed by atoms with Crippen LogP contribution in [0.1, 0.15) is 55.7 Å². The maximum atomic E-state index is 13.3. The van der Waals surface area contributed by atoms with Gasteiger partial charge in [-0.25, -0.2) is 0 Å². The van der Waals surface area contributed by atoms with E-state index in [-0.39, 0.29) is 23.3 Å². The smallest absolute Gasteiger partial charge is 0.416 e. The molecule has 1 fully saturated rings. The van der Waals surface area contributed by atoms with E-state index < -0.39 is 17.6 Å². The topological polar surface area (TPSA) is 53.6 Å². The second-order valence-electron chi connectivity index (χ2n) is 8.76. The number of amides is 1. The molecule has 1 saturated heterocycles. The van der Waals surface area contributed by atoms with Crippen LogP contribution < -0.4 is 20.3 Å². The molecule has 0 saturated carbocycles. The molecule has 2 aromatic rings. The predicted molar refractivity (Wildman–Crippen MR) is 133 cm³/mol. The number of alkyl halides is 3. The summed E-state index contributed by atoms with van der Waals surface area (Å²) in [6.07, 6.45) is -1.46. The van der Waals surface area contributed by atoms with E-state index in [1.54, 1.807) is 0 Å². The van der Waals surface area contributed by atoms with Crippen LogP contribution in [0.4, 0.5) is 24.5 Å². The average molecular weight is 494 g/mol. The molecule has 0 bridgehead atoms. The molecule has 0 spiro atoms. The summed E-state index contributed by atoms with van der Waals surface area (Å²) < 4.78 is 45.6. The Labute approximate surface area is 203 Å². The molecule has 3 rings (SSSR count).